The van der Waals surface area contributed by atoms with Crippen LogP contribution in [0.25, 0.3) is 0 Å². The molecule has 1 aliphatic heterocycles. The molecule has 1 fully saturated rings. The van der Waals surface area contributed by atoms with E-state index < -0.39 is 0 Å². The Bertz CT molecular complexity index is 826. The molecule has 6 heteroatoms. The number of carbonyl (C=O) groups excluding carboxylic acids is 1. The first kappa shape index (κ1) is 22.1. The fraction of sp³-hybridized carbons (Fsp3) is 0.458. The number of likely N-dealkylation sites (N-methyl/N-ethyl adjacent to an activating group) is 1. The van der Waals surface area contributed by atoms with Crippen LogP contribution in [0.3, 0.4) is 0 Å². The van der Waals surface area contributed by atoms with E-state index in [2.05, 4.69) is 33.3 Å². The lowest BCUT2D eigenvalue weighted by molar-refractivity contribution is -0.122. The molecule has 0 aromatic heterocycles. The first-order valence-corrected chi connectivity index (χ1v) is 10.5. The fourth-order valence-corrected chi connectivity index (χ4v) is 4.19. The molecular weight excluding hydrogens is 378 g/mol. The van der Waals surface area contributed by atoms with Crippen molar-refractivity contribution in [2.45, 2.75) is 24.9 Å². The summed E-state index contributed by atoms with van der Waals surface area (Å²) in [6, 6.07) is 16.5. The Kier molecular flexibility index (Phi) is 7.71. The molecular formula is C24H33N3O3. The van der Waals surface area contributed by atoms with Gasteiger partial charge in [0.2, 0.25) is 5.91 Å². The molecule has 1 saturated heterocycles. The van der Waals surface area contributed by atoms with Crippen LogP contribution in [0, 0.1) is 0 Å². The van der Waals surface area contributed by atoms with Gasteiger partial charge in [0.05, 0.1) is 26.8 Å². The van der Waals surface area contributed by atoms with Gasteiger partial charge in [0, 0.05) is 24.2 Å². The predicted molar refractivity (Wildman–Crippen MR) is 119 cm³/mol. The Morgan fingerprint density at radius 2 is 1.93 bits per heavy atom. The zero-order valence-corrected chi connectivity index (χ0v) is 18.4. The molecule has 0 saturated carbocycles. The number of methoxy groups -OCH3 is 2. The Morgan fingerprint density at radius 1 is 1.17 bits per heavy atom. The molecule has 1 heterocycles. The van der Waals surface area contributed by atoms with Gasteiger partial charge in [-0.05, 0) is 45.1 Å². The summed E-state index contributed by atoms with van der Waals surface area (Å²) < 4.78 is 10.9. The summed E-state index contributed by atoms with van der Waals surface area (Å²) in [7, 11) is 7.40. The summed E-state index contributed by atoms with van der Waals surface area (Å²) in [5.41, 5.74) is 2.31. The molecule has 1 aliphatic rings. The van der Waals surface area contributed by atoms with Crippen molar-refractivity contribution in [2.75, 3.05) is 47.9 Å². The molecule has 0 spiro atoms. The van der Waals surface area contributed by atoms with Crippen LogP contribution < -0.4 is 14.8 Å². The number of amides is 1. The first-order chi connectivity index (χ1) is 14.5. The number of likely N-dealkylation sites (tertiary alicyclic amines) is 1. The highest BCUT2D eigenvalue weighted by atomic mass is 16.5. The van der Waals surface area contributed by atoms with Crippen LogP contribution in [-0.4, -0.2) is 63.7 Å². The number of ether oxygens (including phenoxy) is 2. The minimum Gasteiger partial charge on any atom is -0.497 e. The number of nitrogens with one attached hydrogen (secondary N) is 1. The van der Waals surface area contributed by atoms with Crippen LogP contribution in [0.2, 0.25) is 0 Å². The molecule has 0 aliphatic carbocycles. The van der Waals surface area contributed by atoms with Crippen molar-refractivity contribution < 1.29 is 14.3 Å². The smallest absolute Gasteiger partial charge is 0.234 e. The standard InChI is InChI=1S/C24H33N3O3/c1-26(2)22(18-9-6-5-7-10-18)16-25-24(28)17-27-14-8-11-21(27)20-13-12-19(29-3)15-23(20)30-4/h5-7,9-10,12-13,15,21-22H,8,11,14,16-17H2,1-4H3,(H,25,28). The monoisotopic (exact) mass is 411 g/mol. The van der Waals surface area contributed by atoms with E-state index in [4.69, 9.17) is 9.47 Å². The van der Waals surface area contributed by atoms with E-state index in [1.54, 1.807) is 14.2 Å². The normalized spacial score (nSPS) is 17.7. The van der Waals surface area contributed by atoms with Crippen LogP contribution in [0.15, 0.2) is 48.5 Å². The highest BCUT2D eigenvalue weighted by Gasteiger charge is 2.30. The van der Waals surface area contributed by atoms with Crippen molar-refractivity contribution in [3.63, 3.8) is 0 Å². The molecule has 30 heavy (non-hydrogen) atoms. The number of hydrogen-bond acceptors (Lipinski definition) is 5. The van der Waals surface area contributed by atoms with Crippen molar-refractivity contribution in [3.8, 4) is 11.5 Å². The maximum absolute atomic E-state index is 12.8. The van der Waals surface area contributed by atoms with Crippen LogP contribution in [0.5, 0.6) is 11.5 Å². The molecule has 2 unspecified atom stereocenters. The molecule has 1 amide bonds. The Labute approximate surface area is 179 Å². The van der Waals surface area contributed by atoms with Gasteiger partial charge in [-0.15, -0.1) is 0 Å². The van der Waals surface area contributed by atoms with E-state index in [1.807, 2.05) is 44.4 Å². The average molecular weight is 412 g/mol. The van der Waals surface area contributed by atoms with Gasteiger partial charge >= 0.3 is 0 Å². The molecule has 6 nitrogen and oxygen atoms in total. The molecule has 1 N–H and O–H groups in total. The van der Waals surface area contributed by atoms with E-state index >= 15 is 0 Å². The quantitative estimate of drug-likeness (QED) is 0.686. The number of nitrogens with zero attached hydrogens (tertiary/aromatic N) is 2. The lowest BCUT2D eigenvalue weighted by atomic mass is 10.0. The van der Waals surface area contributed by atoms with Gasteiger partial charge in [0.25, 0.3) is 0 Å². The largest absolute Gasteiger partial charge is 0.497 e. The molecule has 2 aromatic carbocycles. The van der Waals surface area contributed by atoms with E-state index in [1.165, 1.54) is 5.56 Å². The number of hydrogen-bond donors (Lipinski definition) is 1. The highest BCUT2D eigenvalue weighted by molar-refractivity contribution is 5.78. The molecule has 2 aromatic rings. The zero-order valence-electron chi connectivity index (χ0n) is 18.4. The van der Waals surface area contributed by atoms with E-state index in [0.717, 1.165) is 36.4 Å². The maximum atomic E-state index is 12.8. The van der Waals surface area contributed by atoms with Gasteiger partial charge in [-0.25, -0.2) is 0 Å². The summed E-state index contributed by atoms with van der Waals surface area (Å²) in [6.45, 7) is 1.87. The predicted octanol–water partition coefficient (Wildman–Crippen LogP) is 3.26. The third kappa shape index (κ3) is 5.32. The van der Waals surface area contributed by atoms with Crippen molar-refractivity contribution in [3.05, 3.63) is 59.7 Å². The van der Waals surface area contributed by atoms with Crippen molar-refractivity contribution in [1.82, 2.24) is 15.1 Å². The molecule has 2 atom stereocenters. The van der Waals surface area contributed by atoms with Crippen molar-refractivity contribution >= 4 is 5.91 Å². The average Bonchev–Trinajstić information content (AvgIpc) is 3.21. The topological polar surface area (TPSA) is 54.0 Å². The van der Waals surface area contributed by atoms with E-state index in [0.29, 0.717) is 13.1 Å². The fourth-order valence-electron chi connectivity index (χ4n) is 4.19. The Hall–Kier alpha value is -2.57. The third-order valence-corrected chi connectivity index (χ3v) is 5.81. The van der Waals surface area contributed by atoms with Gasteiger partial charge in [-0.2, -0.15) is 0 Å². The SMILES string of the molecule is COc1ccc(C2CCCN2CC(=O)NCC(c2ccccc2)N(C)C)c(OC)c1. The van der Waals surface area contributed by atoms with Gasteiger partial charge in [-0.3, -0.25) is 9.69 Å². The van der Waals surface area contributed by atoms with Gasteiger partial charge in [0.1, 0.15) is 11.5 Å². The summed E-state index contributed by atoms with van der Waals surface area (Å²) in [5.74, 6) is 1.63. The molecule has 0 radical (unpaired) electrons. The number of carbonyl (C=O) groups is 1. The van der Waals surface area contributed by atoms with Crippen molar-refractivity contribution in [1.29, 1.82) is 0 Å². The Morgan fingerprint density at radius 3 is 2.60 bits per heavy atom. The van der Waals surface area contributed by atoms with Crippen molar-refractivity contribution in [2.24, 2.45) is 0 Å². The van der Waals surface area contributed by atoms with Crippen LogP contribution in [0.4, 0.5) is 0 Å². The lowest BCUT2D eigenvalue weighted by Crippen LogP contribution is -2.40. The summed E-state index contributed by atoms with van der Waals surface area (Å²) in [6.07, 6.45) is 2.08. The molecule has 162 valence electrons. The van der Waals surface area contributed by atoms with Gasteiger partial charge < -0.3 is 19.7 Å². The summed E-state index contributed by atoms with van der Waals surface area (Å²) in [5, 5.41) is 3.13. The van der Waals surface area contributed by atoms with Gasteiger partial charge in [0.15, 0.2) is 0 Å². The molecule has 3 rings (SSSR count). The van der Waals surface area contributed by atoms with E-state index in [9.17, 15) is 4.79 Å². The minimum absolute atomic E-state index is 0.0529. The van der Waals surface area contributed by atoms with E-state index in [-0.39, 0.29) is 18.0 Å². The second kappa shape index (κ2) is 10.5. The third-order valence-electron chi connectivity index (χ3n) is 5.81. The number of benzene rings is 2. The first-order valence-electron chi connectivity index (χ1n) is 10.5. The maximum Gasteiger partial charge on any atom is 0.234 e. The summed E-state index contributed by atoms with van der Waals surface area (Å²) in [4.78, 5) is 17.1. The zero-order chi connectivity index (χ0) is 21.5. The van der Waals surface area contributed by atoms with Crippen LogP contribution in [0.1, 0.15) is 36.1 Å². The highest BCUT2D eigenvalue weighted by Crippen LogP contribution is 2.38. The second-order valence-corrected chi connectivity index (χ2v) is 7.93. The van der Waals surface area contributed by atoms with Crippen LogP contribution in [-0.2, 0) is 4.79 Å². The van der Waals surface area contributed by atoms with Crippen LogP contribution >= 0.6 is 0 Å². The summed E-state index contributed by atoms with van der Waals surface area (Å²) >= 11 is 0. The molecule has 0 bridgehead atoms. The Balaban J connectivity index is 1.63. The van der Waals surface area contributed by atoms with Gasteiger partial charge in [-0.1, -0.05) is 36.4 Å². The second-order valence-electron chi connectivity index (χ2n) is 7.93. The lowest BCUT2D eigenvalue weighted by Gasteiger charge is -2.28. The number of rotatable bonds is 9. The minimum atomic E-state index is 0.0529.